The maximum atomic E-state index is 10.8. The van der Waals surface area contributed by atoms with Gasteiger partial charge in [-0.1, -0.05) is 12.7 Å². The predicted octanol–water partition coefficient (Wildman–Crippen LogP) is -0.599. The van der Waals surface area contributed by atoms with Crippen molar-refractivity contribution in [3.8, 4) is 0 Å². The highest BCUT2D eigenvalue weighted by atomic mass is 28.2. The van der Waals surface area contributed by atoms with Crippen LogP contribution in [0.5, 0.6) is 0 Å². The fourth-order valence-corrected chi connectivity index (χ4v) is 0.898. The number of carbonyl (C=O) groups excluding carboxylic acids is 1. The van der Waals surface area contributed by atoms with Crippen molar-refractivity contribution in [2.24, 2.45) is 0 Å². The van der Waals surface area contributed by atoms with E-state index in [0.717, 1.165) is 0 Å². The molecule has 1 unspecified atom stereocenters. The fraction of sp³-hybridized carbons (Fsp3) is 0.500. The maximum absolute atomic E-state index is 10.8. The van der Waals surface area contributed by atoms with Crippen LogP contribution in [0.3, 0.4) is 0 Å². The van der Waals surface area contributed by atoms with Gasteiger partial charge in [-0.15, -0.1) is 0 Å². The van der Waals surface area contributed by atoms with Crippen LogP contribution in [0.25, 0.3) is 0 Å². The molecule has 0 bridgehead atoms. The molecule has 0 aromatic heterocycles. The van der Waals surface area contributed by atoms with Gasteiger partial charge in [0.25, 0.3) is 0 Å². The van der Waals surface area contributed by atoms with Gasteiger partial charge in [-0.3, -0.25) is 0 Å². The Morgan fingerprint density at radius 3 is 2.80 bits per heavy atom. The Morgan fingerprint density at radius 1 is 1.90 bits per heavy atom. The monoisotopic (exact) mass is 160 g/mol. The van der Waals surface area contributed by atoms with Crippen molar-refractivity contribution in [3.05, 3.63) is 12.7 Å². The van der Waals surface area contributed by atoms with Crippen LogP contribution < -0.4 is 0 Å². The van der Waals surface area contributed by atoms with E-state index < -0.39 is 6.10 Å². The molecule has 0 saturated heterocycles. The lowest BCUT2D eigenvalue weighted by atomic mass is 10.4. The summed E-state index contributed by atoms with van der Waals surface area (Å²) in [7, 11) is 0.515. The highest BCUT2D eigenvalue weighted by Gasteiger charge is 2.12. The van der Waals surface area contributed by atoms with E-state index in [4.69, 9.17) is 4.43 Å². The number of hydrogen-bond acceptors (Lipinski definition) is 3. The second-order valence-corrected chi connectivity index (χ2v) is 2.12. The quantitative estimate of drug-likeness (QED) is 0.313. The molecule has 0 aromatic carbocycles. The first kappa shape index (κ1) is 9.39. The van der Waals surface area contributed by atoms with Gasteiger partial charge in [0.2, 0.25) is 0 Å². The smallest absolute Gasteiger partial charge is 0.338 e. The molecule has 0 radical (unpaired) electrons. The summed E-state index contributed by atoms with van der Waals surface area (Å²) < 4.78 is 9.53. The standard InChI is InChI=1S/C6H12O3Si/c1-3-5(9-10)6(7)8-4-2/h3,5H,1,4H2,2,10H3. The fourth-order valence-electron chi connectivity index (χ4n) is 0.513. The van der Waals surface area contributed by atoms with Gasteiger partial charge in [0.15, 0.2) is 6.10 Å². The Morgan fingerprint density at radius 2 is 2.50 bits per heavy atom. The average Bonchev–Trinajstić information content (AvgIpc) is 1.91. The zero-order valence-electron chi connectivity index (χ0n) is 6.29. The number of ether oxygens (including phenoxy) is 1. The zero-order chi connectivity index (χ0) is 7.98. The van der Waals surface area contributed by atoms with E-state index in [1.165, 1.54) is 6.08 Å². The molecule has 3 nitrogen and oxygen atoms in total. The summed E-state index contributed by atoms with van der Waals surface area (Å²) in [4.78, 5) is 10.8. The van der Waals surface area contributed by atoms with E-state index in [-0.39, 0.29) is 5.97 Å². The molecule has 4 heteroatoms. The van der Waals surface area contributed by atoms with E-state index in [0.29, 0.717) is 17.1 Å². The first-order chi connectivity index (χ1) is 4.76. The van der Waals surface area contributed by atoms with Crippen LogP contribution in [0.15, 0.2) is 12.7 Å². The van der Waals surface area contributed by atoms with Crippen molar-refractivity contribution in [1.29, 1.82) is 0 Å². The van der Waals surface area contributed by atoms with Crippen LogP contribution in [0.4, 0.5) is 0 Å². The van der Waals surface area contributed by atoms with Crippen molar-refractivity contribution in [1.82, 2.24) is 0 Å². The van der Waals surface area contributed by atoms with E-state index in [9.17, 15) is 4.79 Å². The van der Waals surface area contributed by atoms with E-state index in [1.54, 1.807) is 6.92 Å². The van der Waals surface area contributed by atoms with Gasteiger partial charge in [-0.25, -0.2) is 4.79 Å². The second-order valence-electron chi connectivity index (χ2n) is 1.64. The summed E-state index contributed by atoms with van der Waals surface area (Å²) in [6, 6.07) is 0. The SMILES string of the molecule is C=CC(O[SiH3])C(=O)OCC. The van der Waals surface area contributed by atoms with E-state index in [2.05, 4.69) is 11.3 Å². The van der Waals surface area contributed by atoms with Gasteiger partial charge >= 0.3 is 5.97 Å². The molecular weight excluding hydrogens is 148 g/mol. The lowest BCUT2D eigenvalue weighted by molar-refractivity contribution is -0.148. The molecule has 0 heterocycles. The molecule has 0 aromatic rings. The summed E-state index contributed by atoms with van der Waals surface area (Å²) in [5.74, 6) is -0.354. The normalized spacial score (nSPS) is 12.5. The Kier molecular flexibility index (Phi) is 4.88. The van der Waals surface area contributed by atoms with Gasteiger partial charge in [-0.2, -0.15) is 0 Å². The summed E-state index contributed by atoms with van der Waals surface area (Å²) >= 11 is 0. The molecule has 58 valence electrons. The van der Waals surface area contributed by atoms with Gasteiger partial charge in [-0.05, 0) is 6.92 Å². The molecule has 0 rings (SSSR count). The lowest BCUT2D eigenvalue weighted by Crippen LogP contribution is -2.23. The Labute approximate surface area is 63.6 Å². The van der Waals surface area contributed by atoms with E-state index in [1.807, 2.05) is 0 Å². The molecule has 0 spiro atoms. The van der Waals surface area contributed by atoms with Crippen LogP contribution in [0.2, 0.25) is 0 Å². The Bertz CT molecular complexity index is 124. The van der Waals surface area contributed by atoms with Gasteiger partial charge in [0, 0.05) is 0 Å². The van der Waals surface area contributed by atoms with Crippen LogP contribution in [0, 0.1) is 0 Å². The largest absolute Gasteiger partial charge is 0.464 e. The predicted molar refractivity (Wildman–Crippen MR) is 41.6 cm³/mol. The van der Waals surface area contributed by atoms with Crippen molar-refractivity contribution >= 4 is 16.5 Å². The minimum absolute atomic E-state index is 0.354. The van der Waals surface area contributed by atoms with Gasteiger partial charge in [0.1, 0.15) is 10.5 Å². The molecular formula is C6H12O3Si. The molecule has 0 saturated carbocycles. The minimum atomic E-state index is -0.563. The number of hydrogen-bond donors (Lipinski definition) is 0. The van der Waals surface area contributed by atoms with Gasteiger partial charge < -0.3 is 9.16 Å². The van der Waals surface area contributed by atoms with Gasteiger partial charge in [0.05, 0.1) is 6.61 Å². The highest BCUT2D eigenvalue weighted by molar-refractivity contribution is 5.99. The first-order valence-electron chi connectivity index (χ1n) is 3.08. The van der Waals surface area contributed by atoms with Crippen LogP contribution in [0.1, 0.15) is 6.92 Å². The van der Waals surface area contributed by atoms with Crippen LogP contribution >= 0.6 is 0 Å². The third kappa shape index (κ3) is 2.79. The molecule has 0 aliphatic rings. The molecule has 1 atom stereocenters. The topological polar surface area (TPSA) is 35.5 Å². The summed E-state index contributed by atoms with van der Waals surface area (Å²) in [5, 5.41) is 0. The molecule has 0 fully saturated rings. The molecule has 0 aliphatic carbocycles. The first-order valence-corrected chi connectivity index (χ1v) is 3.89. The highest BCUT2D eigenvalue weighted by Crippen LogP contribution is 1.93. The molecule has 0 aliphatic heterocycles. The Balaban J connectivity index is 3.76. The van der Waals surface area contributed by atoms with Crippen LogP contribution in [-0.2, 0) is 14.0 Å². The minimum Gasteiger partial charge on any atom is -0.464 e. The van der Waals surface area contributed by atoms with Crippen molar-refractivity contribution in [2.75, 3.05) is 6.61 Å². The number of rotatable bonds is 4. The molecule has 0 amide bonds. The summed E-state index contributed by atoms with van der Waals surface area (Å²) in [6.45, 7) is 5.57. The molecule has 10 heavy (non-hydrogen) atoms. The number of carbonyl (C=O) groups is 1. The van der Waals surface area contributed by atoms with Crippen molar-refractivity contribution in [2.45, 2.75) is 13.0 Å². The third-order valence-electron chi connectivity index (χ3n) is 0.987. The third-order valence-corrected chi connectivity index (χ3v) is 1.49. The maximum Gasteiger partial charge on any atom is 0.338 e. The Hall–Kier alpha value is -0.613. The van der Waals surface area contributed by atoms with Crippen molar-refractivity contribution < 1.29 is 14.0 Å². The second kappa shape index (κ2) is 5.19. The lowest BCUT2D eigenvalue weighted by Gasteiger charge is -2.08. The number of esters is 1. The summed E-state index contributed by atoms with van der Waals surface area (Å²) in [6.07, 6.45) is 0.872. The van der Waals surface area contributed by atoms with E-state index >= 15 is 0 Å². The van der Waals surface area contributed by atoms with Crippen molar-refractivity contribution in [3.63, 3.8) is 0 Å². The average molecular weight is 160 g/mol. The molecule has 0 N–H and O–H groups in total. The zero-order valence-corrected chi connectivity index (χ0v) is 8.29. The summed E-state index contributed by atoms with van der Waals surface area (Å²) in [5.41, 5.74) is 0. The van der Waals surface area contributed by atoms with Crippen LogP contribution in [-0.4, -0.2) is 29.2 Å².